The lowest BCUT2D eigenvalue weighted by Gasteiger charge is -2.15. The van der Waals surface area contributed by atoms with Crippen LogP contribution >= 0.6 is 0 Å². The van der Waals surface area contributed by atoms with Crippen molar-refractivity contribution in [3.05, 3.63) is 0 Å². The molecule has 1 atom stereocenters. The molecule has 0 aliphatic carbocycles. The minimum atomic E-state index is -0.0119. The molecule has 0 bridgehead atoms. The molecule has 13 heavy (non-hydrogen) atoms. The Balaban J connectivity index is 3.60. The third-order valence-electron chi connectivity index (χ3n) is 1.87. The van der Waals surface area contributed by atoms with E-state index >= 15 is 0 Å². The summed E-state index contributed by atoms with van der Waals surface area (Å²) in [5.41, 5.74) is 0. The minimum absolute atomic E-state index is 0.0119. The van der Waals surface area contributed by atoms with Gasteiger partial charge in [-0.1, -0.05) is 6.92 Å². The fourth-order valence-corrected chi connectivity index (χ4v) is 1.03. The van der Waals surface area contributed by atoms with Gasteiger partial charge in [0.2, 0.25) is 5.91 Å². The van der Waals surface area contributed by atoms with E-state index in [-0.39, 0.29) is 18.6 Å². The van der Waals surface area contributed by atoms with Gasteiger partial charge in [0, 0.05) is 26.2 Å². The van der Waals surface area contributed by atoms with E-state index in [1.165, 1.54) is 0 Å². The number of hydrogen-bond donors (Lipinski definition) is 2. The predicted molar refractivity (Wildman–Crippen MR) is 50.4 cm³/mol. The highest BCUT2D eigenvalue weighted by Crippen LogP contribution is 1.96. The average Bonchev–Trinajstić information content (AvgIpc) is 2.14. The van der Waals surface area contributed by atoms with Gasteiger partial charge < -0.3 is 15.2 Å². The summed E-state index contributed by atoms with van der Waals surface area (Å²) in [7, 11) is 1.57. The first-order valence-corrected chi connectivity index (χ1v) is 4.63. The molecule has 0 aliphatic heterocycles. The summed E-state index contributed by atoms with van der Waals surface area (Å²) in [6, 6.07) is 0.0920. The van der Waals surface area contributed by atoms with Crippen LogP contribution in [0.5, 0.6) is 0 Å². The maximum atomic E-state index is 11.2. The Hall–Kier alpha value is -0.610. The predicted octanol–water partition coefficient (Wildman–Crippen LogP) is 0.300. The number of nitrogens with one attached hydrogen (secondary N) is 1. The first-order valence-electron chi connectivity index (χ1n) is 4.63. The molecule has 1 amide bonds. The number of aliphatic hydroxyl groups excluding tert-OH is 1. The van der Waals surface area contributed by atoms with Crippen LogP contribution < -0.4 is 5.32 Å². The maximum absolute atomic E-state index is 11.2. The van der Waals surface area contributed by atoms with Crippen LogP contribution in [0.1, 0.15) is 26.2 Å². The molecule has 0 radical (unpaired) electrons. The zero-order valence-corrected chi connectivity index (χ0v) is 8.38. The number of amides is 1. The van der Waals surface area contributed by atoms with Gasteiger partial charge in [0.1, 0.15) is 0 Å². The molecule has 0 aromatic heterocycles. The molecule has 0 aromatic rings. The summed E-state index contributed by atoms with van der Waals surface area (Å²) in [6.07, 6.45) is 1.85. The van der Waals surface area contributed by atoms with Gasteiger partial charge >= 0.3 is 0 Å². The number of hydrogen-bond acceptors (Lipinski definition) is 3. The molecule has 78 valence electrons. The molecule has 2 N–H and O–H groups in total. The zero-order valence-electron chi connectivity index (χ0n) is 8.38. The number of rotatable bonds is 7. The SMILES string of the molecule is CCC(CCO)NC(=O)CCOC. The van der Waals surface area contributed by atoms with E-state index in [0.717, 1.165) is 6.42 Å². The largest absolute Gasteiger partial charge is 0.396 e. The Morgan fingerprint density at radius 2 is 2.31 bits per heavy atom. The zero-order chi connectivity index (χ0) is 10.1. The van der Waals surface area contributed by atoms with E-state index in [9.17, 15) is 4.79 Å². The fraction of sp³-hybridized carbons (Fsp3) is 0.889. The van der Waals surface area contributed by atoms with Crippen molar-refractivity contribution in [3.63, 3.8) is 0 Å². The topological polar surface area (TPSA) is 58.6 Å². The Labute approximate surface area is 79.3 Å². The number of aliphatic hydroxyl groups is 1. The molecule has 4 heteroatoms. The molecule has 0 saturated heterocycles. The minimum Gasteiger partial charge on any atom is -0.396 e. The smallest absolute Gasteiger partial charge is 0.222 e. The summed E-state index contributed by atoms with van der Waals surface area (Å²) in [5.74, 6) is -0.0119. The van der Waals surface area contributed by atoms with Gasteiger partial charge in [-0.15, -0.1) is 0 Å². The lowest BCUT2D eigenvalue weighted by Crippen LogP contribution is -2.35. The summed E-state index contributed by atoms with van der Waals surface area (Å²) < 4.78 is 4.78. The van der Waals surface area contributed by atoms with Crippen molar-refractivity contribution in [2.24, 2.45) is 0 Å². The van der Waals surface area contributed by atoms with E-state index in [4.69, 9.17) is 9.84 Å². The summed E-state index contributed by atoms with van der Waals surface area (Å²) >= 11 is 0. The summed E-state index contributed by atoms with van der Waals surface area (Å²) in [4.78, 5) is 11.2. The fourth-order valence-electron chi connectivity index (χ4n) is 1.03. The highest BCUT2D eigenvalue weighted by atomic mass is 16.5. The van der Waals surface area contributed by atoms with Crippen LogP contribution in [0.2, 0.25) is 0 Å². The summed E-state index contributed by atoms with van der Waals surface area (Å²) in [6.45, 7) is 2.54. The van der Waals surface area contributed by atoms with E-state index < -0.39 is 0 Å². The molecule has 0 saturated carbocycles. The number of carbonyl (C=O) groups is 1. The Morgan fingerprint density at radius 3 is 2.77 bits per heavy atom. The lowest BCUT2D eigenvalue weighted by atomic mass is 10.1. The number of methoxy groups -OCH3 is 1. The van der Waals surface area contributed by atoms with Crippen LogP contribution in [0, 0.1) is 0 Å². The molecule has 0 rings (SSSR count). The monoisotopic (exact) mass is 189 g/mol. The molecular formula is C9H19NO3. The Kier molecular flexibility index (Phi) is 7.63. The quantitative estimate of drug-likeness (QED) is 0.605. The standard InChI is InChI=1S/C9H19NO3/c1-3-8(4-6-11)10-9(12)5-7-13-2/h8,11H,3-7H2,1-2H3,(H,10,12). The first-order chi connectivity index (χ1) is 6.24. The third-order valence-corrected chi connectivity index (χ3v) is 1.87. The second-order valence-corrected chi connectivity index (χ2v) is 2.93. The highest BCUT2D eigenvalue weighted by molar-refractivity contribution is 5.76. The molecule has 0 spiro atoms. The summed E-state index contributed by atoms with van der Waals surface area (Å²) in [5, 5.41) is 11.5. The number of carbonyl (C=O) groups excluding carboxylic acids is 1. The van der Waals surface area contributed by atoms with Crippen molar-refractivity contribution in [1.82, 2.24) is 5.32 Å². The normalized spacial score (nSPS) is 12.5. The van der Waals surface area contributed by atoms with Gasteiger partial charge in [-0.2, -0.15) is 0 Å². The maximum Gasteiger partial charge on any atom is 0.222 e. The van der Waals surface area contributed by atoms with Crippen LogP contribution in [0.3, 0.4) is 0 Å². The molecule has 0 aromatic carbocycles. The van der Waals surface area contributed by atoms with Gasteiger partial charge in [0.15, 0.2) is 0 Å². The van der Waals surface area contributed by atoms with Crippen molar-refractivity contribution in [1.29, 1.82) is 0 Å². The third kappa shape index (κ3) is 6.54. The van der Waals surface area contributed by atoms with Crippen LogP contribution in [-0.2, 0) is 9.53 Å². The lowest BCUT2D eigenvalue weighted by molar-refractivity contribution is -0.122. The second kappa shape index (κ2) is 8.01. The van der Waals surface area contributed by atoms with Crippen molar-refractivity contribution < 1.29 is 14.6 Å². The van der Waals surface area contributed by atoms with Crippen LogP contribution in [0.4, 0.5) is 0 Å². The van der Waals surface area contributed by atoms with Crippen molar-refractivity contribution >= 4 is 5.91 Å². The van der Waals surface area contributed by atoms with Gasteiger partial charge in [0.05, 0.1) is 6.61 Å². The van der Waals surface area contributed by atoms with E-state index in [0.29, 0.717) is 19.4 Å². The van der Waals surface area contributed by atoms with Gasteiger partial charge in [-0.3, -0.25) is 4.79 Å². The van der Waals surface area contributed by atoms with Gasteiger partial charge in [-0.25, -0.2) is 0 Å². The second-order valence-electron chi connectivity index (χ2n) is 2.93. The highest BCUT2D eigenvalue weighted by Gasteiger charge is 2.08. The Bertz CT molecular complexity index is 139. The van der Waals surface area contributed by atoms with Gasteiger partial charge in [-0.05, 0) is 12.8 Å². The molecular weight excluding hydrogens is 170 g/mol. The molecule has 0 heterocycles. The van der Waals surface area contributed by atoms with Crippen molar-refractivity contribution in [2.45, 2.75) is 32.2 Å². The van der Waals surface area contributed by atoms with Crippen LogP contribution in [-0.4, -0.2) is 37.4 Å². The average molecular weight is 189 g/mol. The van der Waals surface area contributed by atoms with Gasteiger partial charge in [0.25, 0.3) is 0 Å². The molecule has 0 aliphatic rings. The van der Waals surface area contributed by atoms with Crippen LogP contribution in [0.15, 0.2) is 0 Å². The van der Waals surface area contributed by atoms with E-state index in [1.54, 1.807) is 7.11 Å². The molecule has 4 nitrogen and oxygen atoms in total. The van der Waals surface area contributed by atoms with Crippen molar-refractivity contribution in [2.75, 3.05) is 20.3 Å². The van der Waals surface area contributed by atoms with Crippen molar-refractivity contribution in [3.8, 4) is 0 Å². The Morgan fingerprint density at radius 1 is 1.62 bits per heavy atom. The molecule has 0 fully saturated rings. The first kappa shape index (κ1) is 12.4. The molecule has 1 unspecified atom stereocenters. The number of ether oxygens (including phenoxy) is 1. The van der Waals surface area contributed by atoms with E-state index in [2.05, 4.69) is 5.32 Å². The van der Waals surface area contributed by atoms with Crippen LogP contribution in [0.25, 0.3) is 0 Å². The van der Waals surface area contributed by atoms with E-state index in [1.807, 2.05) is 6.92 Å².